The van der Waals surface area contributed by atoms with Gasteiger partial charge in [-0.2, -0.15) is 0 Å². The van der Waals surface area contributed by atoms with Crippen molar-refractivity contribution >= 4 is 33.2 Å². The van der Waals surface area contributed by atoms with Crippen LogP contribution in [0.25, 0.3) is 0 Å². The number of halogens is 1. The van der Waals surface area contributed by atoms with E-state index in [9.17, 15) is 4.79 Å². The largest absolute Gasteiger partial charge is 0.340 e. The van der Waals surface area contributed by atoms with Gasteiger partial charge in [-0.15, -0.1) is 11.3 Å². The molecule has 1 atom stereocenters. The van der Waals surface area contributed by atoms with Gasteiger partial charge < -0.3 is 10.6 Å². The van der Waals surface area contributed by atoms with Gasteiger partial charge in [0.25, 0.3) is 0 Å². The lowest BCUT2D eigenvalue weighted by molar-refractivity contribution is -0.135. The van der Waals surface area contributed by atoms with Crippen molar-refractivity contribution in [3.8, 4) is 0 Å². The van der Waals surface area contributed by atoms with Gasteiger partial charge in [-0.1, -0.05) is 13.8 Å². The lowest BCUT2D eigenvalue weighted by Gasteiger charge is -2.24. The number of carbonyl (C=O) groups is 1. The fraction of sp³-hybridized carbons (Fsp3) is 0.583. The van der Waals surface area contributed by atoms with Gasteiger partial charge in [0.05, 0.1) is 16.2 Å². The molecule has 5 heteroatoms. The van der Waals surface area contributed by atoms with Gasteiger partial charge in [0.1, 0.15) is 0 Å². The quantitative estimate of drug-likeness (QED) is 0.907. The van der Waals surface area contributed by atoms with Gasteiger partial charge >= 0.3 is 0 Å². The van der Waals surface area contributed by atoms with Crippen LogP contribution in [0.1, 0.15) is 18.7 Å². The fourth-order valence-corrected chi connectivity index (χ4v) is 3.23. The summed E-state index contributed by atoms with van der Waals surface area (Å²) in [5.41, 5.74) is 5.66. The first kappa shape index (κ1) is 14.7. The molecule has 2 N–H and O–H groups in total. The zero-order valence-electron chi connectivity index (χ0n) is 10.4. The minimum Gasteiger partial charge on any atom is -0.340 e. The molecule has 1 rings (SSSR count). The van der Waals surface area contributed by atoms with Gasteiger partial charge in [0.2, 0.25) is 5.91 Å². The van der Waals surface area contributed by atoms with Crippen LogP contribution in [0.2, 0.25) is 0 Å². The summed E-state index contributed by atoms with van der Waals surface area (Å²) in [6, 6.07) is 4.03. The molecule has 3 nitrogen and oxygen atoms in total. The molecule has 1 unspecified atom stereocenters. The molecule has 0 aromatic carbocycles. The molecular weight excluding hydrogens is 300 g/mol. The van der Waals surface area contributed by atoms with Crippen LogP contribution in [-0.2, 0) is 11.3 Å². The van der Waals surface area contributed by atoms with E-state index in [0.29, 0.717) is 13.1 Å². The third-order valence-corrected chi connectivity index (χ3v) is 4.38. The van der Waals surface area contributed by atoms with E-state index < -0.39 is 0 Å². The molecule has 0 aliphatic carbocycles. The Hall–Kier alpha value is -0.390. The highest BCUT2D eigenvalue weighted by molar-refractivity contribution is 9.11. The van der Waals surface area contributed by atoms with E-state index in [2.05, 4.69) is 15.9 Å². The van der Waals surface area contributed by atoms with Gasteiger partial charge in [0.15, 0.2) is 0 Å². The average molecular weight is 319 g/mol. The lowest BCUT2D eigenvalue weighted by Crippen LogP contribution is -2.38. The van der Waals surface area contributed by atoms with Crippen molar-refractivity contribution in [2.45, 2.75) is 20.4 Å². The molecule has 1 aromatic rings. The molecule has 0 saturated carbocycles. The van der Waals surface area contributed by atoms with Crippen molar-refractivity contribution in [2.75, 3.05) is 13.6 Å². The maximum absolute atomic E-state index is 12.2. The van der Waals surface area contributed by atoms with Crippen molar-refractivity contribution in [2.24, 2.45) is 17.6 Å². The number of rotatable bonds is 5. The second kappa shape index (κ2) is 6.52. The van der Waals surface area contributed by atoms with Crippen molar-refractivity contribution in [3.63, 3.8) is 0 Å². The lowest BCUT2D eigenvalue weighted by atomic mass is 9.94. The number of amides is 1. The summed E-state index contributed by atoms with van der Waals surface area (Å²) in [6.45, 7) is 5.13. The molecule has 17 heavy (non-hydrogen) atoms. The summed E-state index contributed by atoms with van der Waals surface area (Å²) in [4.78, 5) is 15.1. The zero-order chi connectivity index (χ0) is 13.0. The van der Waals surface area contributed by atoms with Crippen molar-refractivity contribution < 1.29 is 4.79 Å². The van der Waals surface area contributed by atoms with Crippen molar-refractivity contribution in [1.82, 2.24) is 4.90 Å². The van der Waals surface area contributed by atoms with Crippen LogP contribution in [-0.4, -0.2) is 24.4 Å². The predicted molar refractivity (Wildman–Crippen MR) is 75.9 cm³/mol. The van der Waals surface area contributed by atoms with Crippen LogP contribution in [0.15, 0.2) is 15.9 Å². The summed E-state index contributed by atoms with van der Waals surface area (Å²) in [6.07, 6.45) is 0. The van der Waals surface area contributed by atoms with Gasteiger partial charge in [-0.3, -0.25) is 4.79 Å². The molecular formula is C12H19BrN2OS. The Morgan fingerprint density at radius 3 is 2.59 bits per heavy atom. The Morgan fingerprint density at radius 2 is 2.18 bits per heavy atom. The highest BCUT2D eigenvalue weighted by Crippen LogP contribution is 2.23. The highest BCUT2D eigenvalue weighted by atomic mass is 79.9. The predicted octanol–water partition coefficient (Wildman–Crippen LogP) is 2.70. The van der Waals surface area contributed by atoms with Crippen LogP contribution in [0.3, 0.4) is 0 Å². The maximum atomic E-state index is 12.2. The van der Waals surface area contributed by atoms with E-state index in [0.717, 1.165) is 3.79 Å². The molecule has 1 heterocycles. The second-order valence-corrected chi connectivity index (χ2v) is 7.03. The zero-order valence-corrected chi connectivity index (χ0v) is 12.8. The summed E-state index contributed by atoms with van der Waals surface area (Å²) in [7, 11) is 1.83. The standard InChI is InChI=1S/C12H19BrN2OS/c1-8(2)10(6-14)12(16)15(3)7-9-4-5-11(13)17-9/h4-5,8,10H,6-7,14H2,1-3H3. The molecule has 1 aromatic heterocycles. The first-order chi connectivity index (χ1) is 7.95. The third-order valence-electron chi connectivity index (χ3n) is 2.77. The van der Waals surface area contributed by atoms with Crippen LogP contribution in [0.5, 0.6) is 0 Å². The van der Waals surface area contributed by atoms with Crippen molar-refractivity contribution in [1.29, 1.82) is 0 Å². The van der Waals surface area contributed by atoms with E-state index in [4.69, 9.17) is 5.73 Å². The molecule has 96 valence electrons. The molecule has 0 fully saturated rings. The van der Waals surface area contributed by atoms with Crippen LogP contribution in [0.4, 0.5) is 0 Å². The van der Waals surface area contributed by atoms with E-state index in [1.807, 2.05) is 33.0 Å². The highest BCUT2D eigenvalue weighted by Gasteiger charge is 2.23. The summed E-state index contributed by atoms with van der Waals surface area (Å²) >= 11 is 5.07. The second-order valence-electron chi connectivity index (χ2n) is 4.49. The fourth-order valence-electron chi connectivity index (χ4n) is 1.69. The number of nitrogens with two attached hydrogens (primary N) is 1. The molecule has 0 radical (unpaired) electrons. The summed E-state index contributed by atoms with van der Waals surface area (Å²) in [5, 5.41) is 0. The molecule has 1 amide bonds. The Bertz CT molecular complexity index is 378. The van der Waals surface area contributed by atoms with Gasteiger partial charge in [-0.25, -0.2) is 0 Å². The third kappa shape index (κ3) is 4.08. The Labute approximate surface area is 115 Å². The van der Waals surface area contributed by atoms with Crippen LogP contribution >= 0.6 is 27.3 Å². The smallest absolute Gasteiger partial charge is 0.227 e. The first-order valence-corrected chi connectivity index (χ1v) is 7.26. The number of carbonyl (C=O) groups excluding carboxylic acids is 1. The molecule has 0 saturated heterocycles. The Morgan fingerprint density at radius 1 is 1.53 bits per heavy atom. The Balaban J connectivity index is 2.63. The van der Waals surface area contributed by atoms with Gasteiger partial charge in [-0.05, 0) is 34.0 Å². The molecule has 0 aliphatic heterocycles. The topological polar surface area (TPSA) is 46.3 Å². The number of thiophene rings is 1. The number of nitrogens with zero attached hydrogens (tertiary/aromatic N) is 1. The van der Waals surface area contributed by atoms with E-state index in [1.54, 1.807) is 16.2 Å². The van der Waals surface area contributed by atoms with Crippen molar-refractivity contribution in [3.05, 3.63) is 20.8 Å². The van der Waals surface area contributed by atoms with E-state index >= 15 is 0 Å². The summed E-state index contributed by atoms with van der Waals surface area (Å²) < 4.78 is 1.09. The molecule has 0 aliphatic rings. The molecule has 0 spiro atoms. The van der Waals surface area contributed by atoms with Gasteiger partial charge in [0, 0.05) is 18.5 Å². The normalized spacial score (nSPS) is 12.8. The Kier molecular flexibility index (Phi) is 5.62. The number of hydrogen-bond donors (Lipinski definition) is 1. The maximum Gasteiger partial charge on any atom is 0.227 e. The van der Waals surface area contributed by atoms with Crippen LogP contribution in [0, 0.1) is 11.8 Å². The summed E-state index contributed by atoms with van der Waals surface area (Å²) in [5.74, 6) is 0.334. The van der Waals surface area contributed by atoms with E-state index in [1.165, 1.54) is 4.88 Å². The average Bonchev–Trinajstić information content (AvgIpc) is 2.64. The SMILES string of the molecule is CC(C)C(CN)C(=O)N(C)Cc1ccc(Br)s1. The minimum atomic E-state index is -0.0802. The molecule has 0 bridgehead atoms. The first-order valence-electron chi connectivity index (χ1n) is 5.65. The van der Waals surface area contributed by atoms with E-state index in [-0.39, 0.29) is 17.7 Å². The monoisotopic (exact) mass is 318 g/mol. The van der Waals surface area contributed by atoms with Crippen LogP contribution < -0.4 is 5.73 Å². The number of hydrogen-bond acceptors (Lipinski definition) is 3. The minimum absolute atomic E-state index is 0.0802.